The van der Waals surface area contributed by atoms with Crippen molar-refractivity contribution in [2.24, 2.45) is 0 Å². The Kier molecular flexibility index (Phi) is 3.90. The maximum absolute atomic E-state index is 6.17. The molecule has 2 aromatic rings. The normalized spacial score (nSPS) is 14.2. The van der Waals surface area contributed by atoms with Crippen molar-refractivity contribution in [3.8, 4) is 0 Å². The minimum Gasteiger partial charge on any atom is -0.352 e. The molecule has 0 saturated heterocycles. The number of anilines is 1. The summed E-state index contributed by atoms with van der Waals surface area (Å²) in [4.78, 5) is 6.80. The summed E-state index contributed by atoms with van der Waals surface area (Å²) in [5, 5.41) is 3.86. The van der Waals surface area contributed by atoms with Gasteiger partial charge in [0.25, 0.3) is 0 Å². The van der Waals surface area contributed by atoms with Crippen LogP contribution in [0.4, 0.5) is 5.82 Å². The third-order valence-electron chi connectivity index (χ3n) is 3.74. The van der Waals surface area contributed by atoms with Gasteiger partial charge in [0.05, 0.1) is 5.02 Å². The first-order chi connectivity index (χ1) is 9.78. The van der Waals surface area contributed by atoms with Gasteiger partial charge in [-0.3, -0.25) is 0 Å². The molecule has 4 heteroatoms. The molecule has 0 radical (unpaired) electrons. The highest BCUT2D eigenvalue weighted by atomic mass is 35.5. The quantitative estimate of drug-likeness (QED) is 0.940. The highest BCUT2D eigenvalue weighted by molar-refractivity contribution is 6.31. The van der Waals surface area contributed by atoms with E-state index in [9.17, 15) is 0 Å². The van der Waals surface area contributed by atoms with E-state index in [0.29, 0.717) is 0 Å². The van der Waals surface area contributed by atoms with Crippen LogP contribution in [0.2, 0.25) is 5.02 Å². The number of rotatable bonds is 3. The number of nitrogens with zero attached hydrogens (tertiary/aromatic N) is 2. The molecule has 3 nitrogen and oxygen atoms in total. The first-order valence-electron chi connectivity index (χ1n) is 6.88. The van der Waals surface area contributed by atoms with E-state index in [2.05, 4.69) is 45.5 Å². The SMILES string of the molecule is CNCc1cc(N2CCc3ccccc3C2)ncc1Cl. The molecule has 3 rings (SSSR count). The lowest BCUT2D eigenvalue weighted by atomic mass is 10.00. The van der Waals surface area contributed by atoms with Crippen LogP contribution in [0, 0.1) is 0 Å². The van der Waals surface area contributed by atoms with Crippen LogP contribution in [0.1, 0.15) is 16.7 Å². The van der Waals surface area contributed by atoms with Gasteiger partial charge < -0.3 is 10.2 Å². The van der Waals surface area contributed by atoms with Crippen LogP contribution in [-0.4, -0.2) is 18.6 Å². The first-order valence-corrected chi connectivity index (χ1v) is 7.26. The van der Waals surface area contributed by atoms with Gasteiger partial charge in [-0.05, 0) is 36.2 Å². The van der Waals surface area contributed by atoms with Crippen molar-refractivity contribution in [3.63, 3.8) is 0 Å². The van der Waals surface area contributed by atoms with Gasteiger partial charge in [-0.1, -0.05) is 35.9 Å². The van der Waals surface area contributed by atoms with E-state index in [4.69, 9.17) is 11.6 Å². The van der Waals surface area contributed by atoms with Crippen LogP contribution in [0.15, 0.2) is 36.5 Å². The lowest BCUT2D eigenvalue weighted by molar-refractivity contribution is 0.718. The minimum atomic E-state index is 0.723. The standard InChI is InChI=1S/C16H18ClN3/c1-18-9-14-8-16(19-10-15(14)17)20-7-6-12-4-2-3-5-13(12)11-20/h2-5,8,10,18H,6-7,9,11H2,1H3. The van der Waals surface area contributed by atoms with Gasteiger partial charge in [0.15, 0.2) is 0 Å². The highest BCUT2D eigenvalue weighted by Crippen LogP contribution is 2.25. The average molecular weight is 288 g/mol. The maximum Gasteiger partial charge on any atom is 0.129 e. The first kappa shape index (κ1) is 13.4. The van der Waals surface area contributed by atoms with Crippen molar-refractivity contribution >= 4 is 17.4 Å². The smallest absolute Gasteiger partial charge is 0.129 e. The summed E-state index contributed by atoms with van der Waals surface area (Å²) < 4.78 is 0. The van der Waals surface area contributed by atoms with Crippen molar-refractivity contribution in [1.82, 2.24) is 10.3 Å². The van der Waals surface area contributed by atoms with Crippen molar-refractivity contribution < 1.29 is 0 Å². The second-order valence-corrected chi connectivity index (χ2v) is 5.51. The molecule has 0 saturated carbocycles. The average Bonchev–Trinajstić information content (AvgIpc) is 2.49. The predicted molar refractivity (Wildman–Crippen MR) is 83.2 cm³/mol. The Labute approximate surface area is 124 Å². The third-order valence-corrected chi connectivity index (χ3v) is 4.08. The molecule has 1 aliphatic rings. The molecule has 0 bridgehead atoms. The van der Waals surface area contributed by atoms with Crippen molar-refractivity contribution in [2.75, 3.05) is 18.5 Å². The number of hydrogen-bond acceptors (Lipinski definition) is 3. The zero-order chi connectivity index (χ0) is 13.9. The molecule has 0 aliphatic carbocycles. The Balaban J connectivity index is 1.86. The minimum absolute atomic E-state index is 0.723. The zero-order valence-electron chi connectivity index (χ0n) is 11.6. The Morgan fingerprint density at radius 3 is 2.90 bits per heavy atom. The van der Waals surface area contributed by atoms with E-state index in [1.165, 1.54) is 11.1 Å². The Morgan fingerprint density at radius 2 is 2.10 bits per heavy atom. The van der Waals surface area contributed by atoms with Crippen LogP contribution in [0.25, 0.3) is 0 Å². The number of benzene rings is 1. The molecule has 0 unspecified atom stereocenters. The van der Waals surface area contributed by atoms with E-state index in [1.807, 2.05) is 7.05 Å². The van der Waals surface area contributed by atoms with Crippen LogP contribution in [-0.2, 0) is 19.5 Å². The van der Waals surface area contributed by atoms with Crippen LogP contribution in [0.5, 0.6) is 0 Å². The number of pyridine rings is 1. The molecule has 0 amide bonds. The van der Waals surface area contributed by atoms with Gasteiger partial charge in [-0.2, -0.15) is 0 Å². The number of hydrogen-bond donors (Lipinski definition) is 1. The molecular weight excluding hydrogens is 270 g/mol. The fraction of sp³-hybridized carbons (Fsp3) is 0.312. The fourth-order valence-corrected chi connectivity index (χ4v) is 2.83. The van der Waals surface area contributed by atoms with Crippen LogP contribution < -0.4 is 10.2 Å². The molecule has 104 valence electrons. The lowest BCUT2D eigenvalue weighted by Crippen LogP contribution is -2.31. The summed E-state index contributed by atoms with van der Waals surface area (Å²) in [6.07, 6.45) is 2.83. The van der Waals surface area contributed by atoms with Gasteiger partial charge in [0.1, 0.15) is 5.82 Å². The fourth-order valence-electron chi connectivity index (χ4n) is 2.66. The molecule has 1 N–H and O–H groups in total. The zero-order valence-corrected chi connectivity index (χ0v) is 12.3. The second kappa shape index (κ2) is 5.81. The summed E-state index contributed by atoms with van der Waals surface area (Å²) in [7, 11) is 1.92. The van der Waals surface area contributed by atoms with Crippen LogP contribution in [0.3, 0.4) is 0 Å². The molecular formula is C16H18ClN3. The van der Waals surface area contributed by atoms with E-state index >= 15 is 0 Å². The Bertz CT molecular complexity index is 612. The number of aromatic nitrogens is 1. The Morgan fingerprint density at radius 1 is 1.30 bits per heavy atom. The molecule has 1 aromatic carbocycles. The second-order valence-electron chi connectivity index (χ2n) is 5.10. The van der Waals surface area contributed by atoms with E-state index < -0.39 is 0 Å². The summed E-state index contributed by atoms with van der Waals surface area (Å²) in [5.41, 5.74) is 3.94. The molecule has 0 atom stereocenters. The van der Waals surface area contributed by atoms with Gasteiger partial charge >= 0.3 is 0 Å². The van der Waals surface area contributed by atoms with Crippen molar-refractivity contribution in [1.29, 1.82) is 0 Å². The largest absolute Gasteiger partial charge is 0.352 e. The molecule has 0 spiro atoms. The predicted octanol–water partition coefficient (Wildman–Crippen LogP) is 3.02. The Hall–Kier alpha value is -1.58. The van der Waals surface area contributed by atoms with Crippen LogP contribution >= 0.6 is 11.6 Å². The number of nitrogens with one attached hydrogen (secondary N) is 1. The molecule has 1 aliphatic heterocycles. The third kappa shape index (κ3) is 2.65. The topological polar surface area (TPSA) is 28.2 Å². The maximum atomic E-state index is 6.17. The van der Waals surface area contributed by atoms with Gasteiger partial charge in [0.2, 0.25) is 0 Å². The summed E-state index contributed by atoms with van der Waals surface area (Å²) in [5.74, 6) is 1.01. The van der Waals surface area contributed by atoms with Gasteiger partial charge in [0, 0.05) is 25.8 Å². The number of fused-ring (bicyclic) bond motifs is 1. The summed E-state index contributed by atoms with van der Waals surface area (Å²) in [6, 6.07) is 10.7. The summed E-state index contributed by atoms with van der Waals surface area (Å²) >= 11 is 6.17. The van der Waals surface area contributed by atoms with Gasteiger partial charge in [-0.25, -0.2) is 4.98 Å². The van der Waals surface area contributed by atoms with E-state index in [-0.39, 0.29) is 0 Å². The van der Waals surface area contributed by atoms with E-state index in [0.717, 1.165) is 42.5 Å². The molecule has 20 heavy (non-hydrogen) atoms. The monoisotopic (exact) mass is 287 g/mol. The van der Waals surface area contributed by atoms with Crippen molar-refractivity contribution in [3.05, 3.63) is 58.2 Å². The van der Waals surface area contributed by atoms with E-state index in [1.54, 1.807) is 6.20 Å². The molecule has 2 heterocycles. The molecule has 1 aromatic heterocycles. The molecule has 0 fully saturated rings. The summed E-state index contributed by atoms with van der Waals surface area (Å²) in [6.45, 7) is 2.69. The van der Waals surface area contributed by atoms with Gasteiger partial charge in [-0.15, -0.1) is 0 Å². The lowest BCUT2D eigenvalue weighted by Gasteiger charge is -2.30. The number of halogens is 1. The van der Waals surface area contributed by atoms with Crippen molar-refractivity contribution in [2.45, 2.75) is 19.5 Å². The highest BCUT2D eigenvalue weighted by Gasteiger charge is 2.17.